The summed E-state index contributed by atoms with van der Waals surface area (Å²) in [7, 11) is 1.57. The van der Waals surface area contributed by atoms with Gasteiger partial charge < -0.3 is 15.4 Å². The number of amides is 1. The molecule has 4 nitrogen and oxygen atoms in total. The number of hydrogen-bond acceptors (Lipinski definition) is 4. The number of carbonyl (C=O) groups excluding carboxylic acids is 1. The van der Waals surface area contributed by atoms with Crippen LogP contribution in [0.2, 0.25) is 0 Å². The second kappa shape index (κ2) is 6.43. The monoisotopic (exact) mass is 290 g/mol. The van der Waals surface area contributed by atoms with Crippen LogP contribution in [0.1, 0.15) is 23.0 Å². The molecule has 5 heteroatoms. The first-order valence-electron chi connectivity index (χ1n) is 6.46. The van der Waals surface area contributed by atoms with E-state index in [2.05, 4.69) is 0 Å². The van der Waals surface area contributed by atoms with Gasteiger partial charge in [0, 0.05) is 6.54 Å². The molecule has 0 aliphatic rings. The fourth-order valence-electron chi connectivity index (χ4n) is 2.03. The molecule has 0 saturated heterocycles. The number of nitrogens with two attached hydrogens (primary N) is 1. The molecule has 2 N–H and O–H groups in total. The van der Waals surface area contributed by atoms with E-state index in [1.807, 2.05) is 30.5 Å². The Morgan fingerprint density at radius 1 is 1.35 bits per heavy atom. The van der Waals surface area contributed by atoms with Crippen molar-refractivity contribution in [1.29, 1.82) is 0 Å². The lowest BCUT2D eigenvalue weighted by atomic mass is 10.2. The average molecular weight is 290 g/mol. The van der Waals surface area contributed by atoms with Gasteiger partial charge in [0.1, 0.15) is 10.6 Å². The highest BCUT2D eigenvalue weighted by molar-refractivity contribution is 7.12. The minimum absolute atomic E-state index is 0.0726. The molecule has 0 spiro atoms. The van der Waals surface area contributed by atoms with E-state index in [1.54, 1.807) is 24.1 Å². The standard InChI is InChI=1S/C15H18N2O2S/c1-3-9-17(12-7-5-4-6-11(12)16)15(18)14-13(19-2)8-10-20-14/h4-8,10H,3,9,16H2,1-2H3. The summed E-state index contributed by atoms with van der Waals surface area (Å²) in [4.78, 5) is 15.0. The van der Waals surface area contributed by atoms with Crippen LogP contribution in [-0.4, -0.2) is 19.6 Å². The maximum atomic E-state index is 12.7. The molecule has 20 heavy (non-hydrogen) atoms. The molecule has 1 aromatic heterocycles. The molecule has 1 aromatic carbocycles. The molecule has 0 radical (unpaired) electrons. The van der Waals surface area contributed by atoms with Crippen molar-refractivity contribution in [3.05, 3.63) is 40.6 Å². The second-order valence-corrected chi connectivity index (χ2v) is 5.25. The van der Waals surface area contributed by atoms with E-state index in [1.165, 1.54) is 11.3 Å². The van der Waals surface area contributed by atoms with Gasteiger partial charge in [-0.1, -0.05) is 19.1 Å². The van der Waals surface area contributed by atoms with Gasteiger partial charge in [-0.05, 0) is 30.0 Å². The van der Waals surface area contributed by atoms with Crippen LogP contribution >= 0.6 is 11.3 Å². The molecule has 2 rings (SSSR count). The lowest BCUT2D eigenvalue weighted by Crippen LogP contribution is -2.32. The summed E-state index contributed by atoms with van der Waals surface area (Å²) in [6, 6.07) is 9.21. The lowest BCUT2D eigenvalue weighted by Gasteiger charge is -2.23. The number of nitrogens with zero attached hydrogens (tertiary/aromatic N) is 1. The van der Waals surface area contributed by atoms with Crippen LogP contribution in [0.3, 0.4) is 0 Å². The molecule has 0 aliphatic heterocycles. The highest BCUT2D eigenvalue weighted by Gasteiger charge is 2.23. The largest absolute Gasteiger partial charge is 0.495 e. The maximum Gasteiger partial charge on any atom is 0.272 e. The SMILES string of the molecule is CCCN(C(=O)c1sccc1OC)c1ccccc1N. The summed E-state index contributed by atoms with van der Waals surface area (Å²) in [5.41, 5.74) is 7.34. The first-order valence-corrected chi connectivity index (χ1v) is 7.34. The predicted molar refractivity (Wildman–Crippen MR) is 83.7 cm³/mol. The number of carbonyl (C=O) groups is 1. The van der Waals surface area contributed by atoms with Gasteiger partial charge in [-0.15, -0.1) is 11.3 Å². The Bertz CT molecular complexity index is 595. The Morgan fingerprint density at radius 2 is 2.10 bits per heavy atom. The highest BCUT2D eigenvalue weighted by atomic mass is 32.1. The number of benzene rings is 1. The van der Waals surface area contributed by atoms with Gasteiger partial charge in [0.25, 0.3) is 5.91 Å². The summed E-state index contributed by atoms with van der Waals surface area (Å²) in [6.07, 6.45) is 0.855. The number of anilines is 2. The summed E-state index contributed by atoms with van der Waals surface area (Å²) >= 11 is 1.38. The van der Waals surface area contributed by atoms with Gasteiger partial charge in [-0.25, -0.2) is 0 Å². The molecule has 2 aromatic rings. The minimum Gasteiger partial charge on any atom is -0.495 e. The van der Waals surface area contributed by atoms with Gasteiger partial charge in [0.2, 0.25) is 0 Å². The van der Waals surface area contributed by atoms with Crippen LogP contribution in [0.4, 0.5) is 11.4 Å². The molecule has 106 valence electrons. The van der Waals surface area contributed by atoms with Crippen LogP contribution in [-0.2, 0) is 0 Å². The van der Waals surface area contributed by atoms with E-state index in [9.17, 15) is 4.79 Å². The van der Waals surface area contributed by atoms with Gasteiger partial charge in [-0.3, -0.25) is 4.79 Å². The van der Waals surface area contributed by atoms with Crippen molar-refractivity contribution < 1.29 is 9.53 Å². The molecule has 0 aliphatic carbocycles. The molecule has 0 bridgehead atoms. The molecular formula is C15H18N2O2S. The van der Waals surface area contributed by atoms with Crippen LogP contribution in [0.25, 0.3) is 0 Å². The number of nitrogen functional groups attached to an aromatic ring is 1. The number of methoxy groups -OCH3 is 1. The van der Waals surface area contributed by atoms with Crippen molar-refractivity contribution in [3.63, 3.8) is 0 Å². The Labute approximate surface area is 122 Å². The van der Waals surface area contributed by atoms with Gasteiger partial charge in [-0.2, -0.15) is 0 Å². The first-order chi connectivity index (χ1) is 9.69. The normalized spacial score (nSPS) is 10.3. The quantitative estimate of drug-likeness (QED) is 0.859. The Hall–Kier alpha value is -2.01. The van der Waals surface area contributed by atoms with Crippen molar-refractivity contribution in [1.82, 2.24) is 0 Å². The molecule has 0 fully saturated rings. The van der Waals surface area contributed by atoms with Crippen LogP contribution in [0, 0.1) is 0 Å². The number of hydrogen-bond donors (Lipinski definition) is 1. The highest BCUT2D eigenvalue weighted by Crippen LogP contribution is 2.30. The first kappa shape index (κ1) is 14.4. The third-order valence-corrected chi connectivity index (χ3v) is 3.85. The molecule has 1 heterocycles. The number of rotatable bonds is 5. The molecule has 0 atom stereocenters. The van der Waals surface area contributed by atoms with Gasteiger partial charge >= 0.3 is 0 Å². The smallest absolute Gasteiger partial charge is 0.272 e. The zero-order valence-corrected chi connectivity index (χ0v) is 12.4. The summed E-state index contributed by atoms with van der Waals surface area (Å²) in [5, 5.41) is 1.85. The van der Waals surface area contributed by atoms with E-state index >= 15 is 0 Å². The molecule has 1 amide bonds. The van der Waals surface area contributed by atoms with E-state index < -0.39 is 0 Å². The van der Waals surface area contributed by atoms with Crippen molar-refractivity contribution in [3.8, 4) is 5.75 Å². The lowest BCUT2D eigenvalue weighted by molar-refractivity contribution is 0.0988. The summed E-state index contributed by atoms with van der Waals surface area (Å²) in [6.45, 7) is 2.65. The molecule has 0 saturated carbocycles. The predicted octanol–water partition coefficient (Wildman–Crippen LogP) is 3.40. The van der Waals surface area contributed by atoms with Crippen LogP contribution in [0.5, 0.6) is 5.75 Å². The van der Waals surface area contributed by atoms with E-state index in [-0.39, 0.29) is 5.91 Å². The van der Waals surface area contributed by atoms with Crippen molar-refractivity contribution >= 4 is 28.6 Å². The average Bonchev–Trinajstić information content (AvgIpc) is 2.93. The number of ether oxygens (including phenoxy) is 1. The third-order valence-electron chi connectivity index (χ3n) is 2.96. The fourth-order valence-corrected chi connectivity index (χ4v) is 2.83. The van der Waals surface area contributed by atoms with E-state index in [4.69, 9.17) is 10.5 Å². The number of thiophene rings is 1. The minimum atomic E-state index is -0.0726. The van der Waals surface area contributed by atoms with E-state index in [0.29, 0.717) is 22.9 Å². The topological polar surface area (TPSA) is 55.6 Å². The van der Waals surface area contributed by atoms with Crippen molar-refractivity contribution in [2.75, 3.05) is 24.3 Å². The maximum absolute atomic E-state index is 12.7. The summed E-state index contributed by atoms with van der Waals surface area (Å²) < 4.78 is 5.23. The van der Waals surface area contributed by atoms with Gasteiger partial charge in [0.05, 0.1) is 18.5 Å². The zero-order valence-electron chi connectivity index (χ0n) is 11.6. The molecular weight excluding hydrogens is 272 g/mol. The zero-order chi connectivity index (χ0) is 14.5. The Morgan fingerprint density at radius 3 is 2.75 bits per heavy atom. The van der Waals surface area contributed by atoms with Crippen molar-refractivity contribution in [2.45, 2.75) is 13.3 Å². The number of para-hydroxylation sites is 2. The van der Waals surface area contributed by atoms with Crippen LogP contribution < -0.4 is 15.4 Å². The summed E-state index contributed by atoms with van der Waals surface area (Å²) in [5.74, 6) is 0.534. The molecule has 0 unspecified atom stereocenters. The van der Waals surface area contributed by atoms with E-state index in [0.717, 1.165) is 12.1 Å². The fraction of sp³-hybridized carbons (Fsp3) is 0.267. The Kier molecular flexibility index (Phi) is 4.63. The van der Waals surface area contributed by atoms with Crippen LogP contribution in [0.15, 0.2) is 35.7 Å². The third kappa shape index (κ3) is 2.77. The van der Waals surface area contributed by atoms with Crippen molar-refractivity contribution in [2.24, 2.45) is 0 Å². The Balaban J connectivity index is 2.39. The second-order valence-electron chi connectivity index (χ2n) is 4.33. The van der Waals surface area contributed by atoms with Gasteiger partial charge in [0.15, 0.2) is 0 Å².